The molecule has 2 N–H and O–H groups in total. The van der Waals surface area contributed by atoms with Gasteiger partial charge in [-0.05, 0) is 75.6 Å². The second-order valence-electron chi connectivity index (χ2n) is 8.43. The van der Waals surface area contributed by atoms with Crippen molar-refractivity contribution in [3.05, 3.63) is 47.0 Å². The molecule has 1 atom stereocenters. The highest BCUT2D eigenvalue weighted by molar-refractivity contribution is 5.94. The zero-order valence-electron chi connectivity index (χ0n) is 17.7. The fourth-order valence-electron chi connectivity index (χ4n) is 4.66. The molecule has 7 nitrogen and oxygen atoms in total. The number of nitrogens with one attached hydrogen (secondary N) is 1. The van der Waals surface area contributed by atoms with E-state index in [1.165, 1.54) is 17.7 Å². The number of aliphatic hydroxyl groups is 1. The Morgan fingerprint density at radius 2 is 2.00 bits per heavy atom. The number of carbonyl (C=O) groups excluding carboxylic acids is 1. The minimum Gasteiger partial charge on any atom is -0.396 e. The zero-order chi connectivity index (χ0) is 20.8. The molecule has 162 valence electrons. The maximum Gasteiger partial charge on any atom is 0.274 e. The highest BCUT2D eigenvalue weighted by Gasteiger charge is 2.31. The summed E-state index contributed by atoms with van der Waals surface area (Å²) in [6.45, 7) is 3.41. The summed E-state index contributed by atoms with van der Waals surface area (Å²) in [5.41, 5.74) is 4.24. The Morgan fingerprint density at radius 3 is 2.77 bits per heavy atom. The maximum absolute atomic E-state index is 13.2. The SMILES string of the molecule is O=C(c1nn(CCCO)c2c1CC(NCCc1ccncc1)CC2)N1CCCCC1. The van der Waals surface area contributed by atoms with E-state index < -0.39 is 0 Å². The van der Waals surface area contributed by atoms with Gasteiger partial charge in [-0.25, -0.2) is 0 Å². The highest BCUT2D eigenvalue weighted by Crippen LogP contribution is 2.27. The Balaban J connectivity index is 1.46. The van der Waals surface area contributed by atoms with E-state index in [-0.39, 0.29) is 12.5 Å². The molecule has 1 saturated heterocycles. The van der Waals surface area contributed by atoms with Crippen molar-refractivity contribution in [1.82, 2.24) is 25.0 Å². The number of aryl methyl sites for hydroxylation is 1. The van der Waals surface area contributed by atoms with E-state index in [0.717, 1.165) is 63.7 Å². The van der Waals surface area contributed by atoms with Gasteiger partial charge in [-0.1, -0.05) is 0 Å². The Hall–Kier alpha value is -2.25. The van der Waals surface area contributed by atoms with Gasteiger partial charge in [-0.2, -0.15) is 5.10 Å². The first-order valence-electron chi connectivity index (χ1n) is 11.4. The van der Waals surface area contributed by atoms with Crippen molar-refractivity contribution in [2.75, 3.05) is 26.2 Å². The van der Waals surface area contributed by atoms with Crippen LogP contribution in [0, 0.1) is 0 Å². The Labute approximate surface area is 178 Å². The van der Waals surface area contributed by atoms with E-state index in [0.29, 0.717) is 24.7 Å². The summed E-state index contributed by atoms with van der Waals surface area (Å²) < 4.78 is 1.98. The van der Waals surface area contributed by atoms with Crippen LogP contribution in [0.3, 0.4) is 0 Å². The molecule has 0 aromatic carbocycles. The van der Waals surface area contributed by atoms with Crippen LogP contribution in [0.5, 0.6) is 0 Å². The molecule has 1 unspecified atom stereocenters. The fourth-order valence-corrected chi connectivity index (χ4v) is 4.66. The van der Waals surface area contributed by atoms with E-state index in [2.05, 4.69) is 22.4 Å². The van der Waals surface area contributed by atoms with Crippen LogP contribution in [-0.4, -0.2) is 63.0 Å². The molecule has 0 bridgehead atoms. The van der Waals surface area contributed by atoms with Crippen molar-refractivity contribution in [2.24, 2.45) is 0 Å². The molecule has 2 aromatic heterocycles. The average Bonchev–Trinajstić information content (AvgIpc) is 3.16. The number of carbonyl (C=O) groups is 1. The number of fused-ring (bicyclic) bond motifs is 1. The molecular formula is C23H33N5O2. The van der Waals surface area contributed by atoms with Crippen LogP contribution in [-0.2, 0) is 25.8 Å². The molecule has 1 fully saturated rings. The molecule has 1 aliphatic heterocycles. The van der Waals surface area contributed by atoms with Crippen LogP contribution in [0.15, 0.2) is 24.5 Å². The number of aromatic nitrogens is 3. The van der Waals surface area contributed by atoms with Crippen LogP contribution in [0.25, 0.3) is 0 Å². The Bertz CT molecular complexity index is 830. The number of nitrogens with zero attached hydrogens (tertiary/aromatic N) is 4. The number of rotatable bonds is 8. The van der Waals surface area contributed by atoms with E-state index in [1.807, 2.05) is 22.0 Å². The number of pyridine rings is 1. The number of amides is 1. The summed E-state index contributed by atoms with van der Waals surface area (Å²) >= 11 is 0. The van der Waals surface area contributed by atoms with Gasteiger partial charge in [0.2, 0.25) is 0 Å². The number of hydrogen-bond acceptors (Lipinski definition) is 5. The van der Waals surface area contributed by atoms with Crippen molar-refractivity contribution in [1.29, 1.82) is 0 Å². The van der Waals surface area contributed by atoms with Gasteiger partial charge in [0.15, 0.2) is 5.69 Å². The molecule has 4 rings (SSSR count). The van der Waals surface area contributed by atoms with Crippen LogP contribution in [0.2, 0.25) is 0 Å². The lowest BCUT2D eigenvalue weighted by Gasteiger charge is -2.28. The molecule has 0 spiro atoms. The van der Waals surface area contributed by atoms with Gasteiger partial charge < -0.3 is 15.3 Å². The minimum absolute atomic E-state index is 0.0890. The Morgan fingerprint density at radius 1 is 1.20 bits per heavy atom. The predicted molar refractivity (Wildman–Crippen MR) is 115 cm³/mol. The van der Waals surface area contributed by atoms with E-state index >= 15 is 0 Å². The average molecular weight is 412 g/mol. The lowest BCUT2D eigenvalue weighted by molar-refractivity contribution is 0.0716. The number of hydrogen-bond donors (Lipinski definition) is 2. The summed E-state index contributed by atoms with van der Waals surface area (Å²) in [6.07, 6.45) is 11.5. The molecule has 7 heteroatoms. The normalized spacial score (nSPS) is 19.0. The lowest BCUT2D eigenvalue weighted by atomic mass is 9.90. The molecule has 3 heterocycles. The third-order valence-corrected chi connectivity index (χ3v) is 6.32. The van der Waals surface area contributed by atoms with Crippen LogP contribution in [0.1, 0.15) is 59.4 Å². The van der Waals surface area contributed by atoms with E-state index in [1.54, 1.807) is 0 Å². The fraction of sp³-hybridized carbons (Fsp3) is 0.609. The molecule has 1 aliphatic carbocycles. The van der Waals surface area contributed by atoms with Gasteiger partial charge in [-0.15, -0.1) is 0 Å². The van der Waals surface area contributed by atoms with Gasteiger partial charge in [0, 0.05) is 55.9 Å². The number of piperidine rings is 1. The third kappa shape index (κ3) is 4.90. The summed E-state index contributed by atoms with van der Waals surface area (Å²) in [5.74, 6) is 0.0890. The van der Waals surface area contributed by atoms with Crippen molar-refractivity contribution in [3.8, 4) is 0 Å². The quantitative estimate of drug-likeness (QED) is 0.694. The largest absolute Gasteiger partial charge is 0.396 e. The monoisotopic (exact) mass is 411 g/mol. The van der Waals surface area contributed by atoms with Crippen molar-refractivity contribution in [3.63, 3.8) is 0 Å². The first-order valence-corrected chi connectivity index (χ1v) is 11.4. The van der Waals surface area contributed by atoms with E-state index in [4.69, 9.17) is 5.10 Å². The van der Waals surface area contributed by atoms with Crippen molar-refractivity contribution in [2.45, 2.75) is 64.0 Å². The molecule has 2 aromatic rings. The zero-order valence-corrected chi connectivity index (χ0v) is 17.7. The molecule has 30 heavy (non-hydrogen) atoms. The molecule has 2 aliphatic rings. The van der Waals surface area contributed by atoms with Crippen molar-refractivity contribution < 1.29 is 9.90 Å². The number of likely N-dealkylation sites (tertiary alicyclic amines) is 1. The first kappa shape index (κ1) is 21.0. The summed E-state index contributed by atoms with van der Waals surface area (Å²) in [5, 5.41) is 17.7. The summed E-state index contributed by atoms with van der Waals surface area (Å²) in [7, 11) is 0. The van der Waals surface area contributed by atoms with Crippen LogP contribution >= 0.6 is 0 Å². The van der Waals surface area contributed by atoms with Crippen LogP contribution in [0.4, 0.5) is 0 Å². The topological polar surface area (TPSA) is 83.3 Å². The lowest BCUT2D eigenvalue weighted by Crippen LogP contribution is -2.38. The smallest absolute Gasteiger partial charge is 0.274 e. The summed E-state index contributed by atoms with van der Waals surface area (Å²) in [4.78, 5) is 19.3. The molecular weight excluding hydrogens is 378 g/mol. The molecule has 1 amide bonds. The van der Waals surface area contributed by atoms with Gasteiger partial charge in [0.05, 0.1) is 0 Å². The summed E-state index contributed by atoms with van der Waals surface area (Å²) in [6, 6.07) is 4.48. The second-order valence-corrected chi connectivity index (χ2v) is 8.43. The van der Waals surface area contributed by atoms with E-state index in [9.17, 15) is 9.90 Å². The van der Waals surface area contributed by atoms with Gasteiger partial charge in [0.1, 0.15) is 0 Å². The Kier molecular flexibility index (Phi) is 7.12. The number of aliphatic hydroxyl groups excluding tert-OH is 1. The standard InChI is InChI=1S/C23H33N5O2/c29-16-4-15-28-21-6-5-19(25-12-9-18-7-10-24-11-8-18)17-20(21)22(26-28)23(30)27-13-2-1-3-14-27/h7-8,10-11,19,25,29H,1-6,9,12-17H2. The highest BCUT2D eigenvalue weighted by atomic mass is 16.3. The van der Waals surface area contributed by atoms with Gasteiger partial charge >= 0.3 is 0 Å². The molecule has 0 radical (unpaired) electrons. The second kappa shape index (κ2) is 10.2. The predicted octanol–water partition coefficient (Wildman–Crippen LogP) is 1.98. The van der Waals surface area contributed by atoms with Gasteiger partial charge in [-0.3, -0.25) is 14.5 Å². The maximum atomic E-state index is 13.2. The third-order valence-electron chi connectivity index (χ3n) is 6.32. The first-order chi connectivity index (χ1) is 14.8. The van der Waals surface area contributed by atoms with Gasteiger partial charge in [0.25, 0.3) is 5.91 Å². The minimum atomic E-state index is 0.0890. The van der Waals surface area contributed by atoms with Crippen molar-refractivity contribution >= 4 is 5.91 Å². The van der Waals surface area contributed by atoms with Crippen LogP contribution < -0.4 is 5.32 Å². The molecule has 0 saturated carbocycles.